The molecule has 4 N–H and O–H groups in total. The van der Waals surface area contributed by atoms with Crippen LogP contribution in [0.5, 0.6) is 0 Å². The van der Waals surface area contributed by atoms with E-state index in [-0.39, 0.29) is 17.6 Å². The van der Waals surface area contributed by atoms with Gasteiger partial charge in [0.25, 0.3) is 11.8 Å². The third-order valence-corrected chi connectivity index (χ3v) is 7.28. The Morgan fingerprint density at radius 3 is 2.41 bits per heavy atom. The number of carbonyl (C=O) groups excluding carboxylic acids is 2. The highest BCUT2D eigenvalue weighted by Gasteiger charge is 2.47. The zero-order chi connectivity index (χ0) is 27.7. The Kier molecular flexibility index (Phi) is 6.87. The van der Waals surface area contributed by atoms with Crippen molar-refractivity contribution in [1.29, 1.82) is 10.8 Å². The lowest BCUT2D eigenvalue weighted by Crippen LogP contribution is -2.42. The van der Waals surface area contributed by atoms with E-state index >= 15 is 0 Å². The Labute approximate surface area is 225 Å². The molecule has 1 aliphatic rings. The van der Waals surface area contributed by atoms with Gasteiger partial charge in [-0.25, -0.2) is 4.39 Å². The highest BCUT2D eigenvalue weighted by atomic mass is 19.1. The van der Waals surface area contributed by atoms with Gasteiger partial charge in [-0.15, -0.1) is 0 Å². The second-order valence-corrected chi connectivity index (χ2v) is 9.89. The molecule has 0 spiro atoms. The van der Waals surface area contributed by atoms with E-state index in [1.807, 2.05) is 31.2 Å². The normalized spacial score (nSPS) is 13.6. The Bertz CT molecular complexity index is 1620. The topological polar surface area (TPSA) is 119 Å². The molecule has 0 bridgehead atoms. The standard InChI is InChI=1S/C31H29FN4O3/c1-18-5-6-21(29(37)36-31(13-14-31)26(34)4-3-15-33)17-23(18)20-9-12-25-24(16-20)27(30(38)35-2)28(39-25)19-7-10-22(32)11-8-19/h5-12,15-17,33-34H,3-4,13-14H2,1-2H3,(H,35,38)(H,36,37). The van der Waals surface area contributed by atoms with E-state index in [0.29, 0.717) is 52.0 Å². The number of hydrogen-bond acceptors (Lipinski definition) is 5. The number of benzene rings is 3. The Morgan fingerprint density at radius 2 is 1.74 bits per heavy atom. The Balaban J connectivity index is 1.52. The summed E-state index contributed by atoms with van der Waals surface area (Å²) in [5, 5.41) is 21.9. The molecule has 8 heteroatoms. The summed E-state index contributed by atoms with van der Waals surface area (Å²) in [6, 6.07) is 16.8. The van der Waals surface area contributed by atoms with Gasteiger partial charge in [-0.2, -0.15) is 0 Å². The number of aryl methyl sites for hydroxylation is 1. The van der Waals surface area contributed by atoms with E-state index in [2.05, 4.69) is 10.6 Å². The van der Waals surface area contributed by atoms with Gasteiger partial charge in [0, 0.05) is 29.3 Å². The smallest absolute Gasteiger partial charge is 0.255 e. The summed E-state index contributed by atoms with van der Waals surface area (Å²) in [5.74, 6) is -0.599. The van der Waals surface area contributed by atoms with E-state index in [4.69, 9.17) is 15.2 Å². The van der Waals surface area contributed by atoms with Crippen molar-refractivity contribution in [1.82, 2.24) is 10.6 Å². The molecule has 1 aliphatic carbocycles. The van der Waals surface area contributed by atoms with Gasteiger partial charge in [0.2, 0.25) is 0 Å². The van der Waals surface area contributed by atoms with Crippen LogP contribution in [0.2, 0.25) is 0 Å². The van der Waals surface area contributed by atoms with Gasteiger partial charge in [-0.05, 0) is 104 Å². The van der Waals surface area contributed by atoms with Crippen LogP contribution in [0.25, 0.3) is 33.4 Å². The van der Waals surface area contributed by atoms with Gasteiger partial charge < -0.3 is 25.9 Å². The lowest BCUT2D eigenvalue weighted by Gasteiger charge is -2.19. The number of hydrogen-bond donors (Lipinski definition) is 4. The fourth-order valence-corrected chi connectivity index (χ4v) is 4.87. The van der Waals surface area contributed by atoms with Crippen LogP contribution in [0.15, 0.2) is 65.1 Å². The van der Waals surface area contributed by atoms with Gasteiger partial charge in [-0.1, -0.05) is 12.1 Å². The Hall–Kier alpha value is -4.59. The molecule has 7 nitrogen and oxygen atoms in total. The van der Waals surface area contributed by atoms with Crippen LogP contribution in [-0.2, 0) is 0 Å². The van der Waals surface area contributed by atoms with Crippen LogP contribution in [0.1, 0.15) is 52.0 Å². The van der Waals surface area contributed by atoms with Gasteiger partial charge in [0.05, 0.1) is 11.1 Å². The van der Waals surface area contributed by atoms with E-state index in [0.717, 1.165) is 29.5 Å². The molecule has 4 aromatic rings. The highest BCUT2D eigenvalue weighted by Crippen LogP contribution is 2.39. The fourth-order valence-electron chi connectivity index (χ4n) is 4.87. The third kappa shape index (κ3) is 4.97. The molecule has 0 saturated heterocycles. The van der Waals surface area contributed by atoms with Crippen molar-refractivity contribution in [3.8, 4) is 22.5 Å². The highest BCUT2D eigenvalue weighted by molar-refractivity contribution is 6.12. The first kappa shape index (κ1) is 26.0. The van der Waals surface area contributed by atoms with Crippen LogP contribution >= 0.6 is 0 Å². The van der Waals surface area contributed by atoms with Gasteiger partial charge in [-0.3, -0.25) is 9.59 Å². The average Bonchev–Trinajstić information content (AvgIpc) is 3.63. The number of rotatable bonds is 9. The van der Waals surface area contributed by atoms with Crippen LogP contribution in [0.3, 0.4) is 0 Å². The summed E-state index contributed by atoms with van der Waals surface area (Å²) in [6.07, 6.45) is 3.69. The predicted octanol–water partition coefficient (Wildman–Crippen LogP) is 6.29. The van der Waals surface area contributed by atoms with Gasteiger partial charge in [0.15, 0.2) is 0 Å². The van der Waals surface area contributed by atoms with Crippen LogP contribution < -0.4 is 10.6 Å². The molecule has 0 atom stereocenters. The first-order valence-corrected chi connectivity index (χ1v) is 12.8. The quantitative estimate of drug-likeness (QED) is 0.193. The van der Waals surface area contributed by atoms with Crippen molar-refractivity contribution < 1.29 is 18.4 Å². The van der Waals surface area contributed by atoms with Crippen molar-refractivity contribution in [2.75, 3.05) is 7.05 Å². The summed E-state index contributed by atoms with van der Waals surface area (Å²) in [6.45, 7) is 1.95. The van der Waals surface area contributed by atoms with Crippen LogP contribution in [-0.4, -0.2) is 36.3 Å². The van der Waals surface area contributed by atoms with Crippen molar-refractivity contribution in [2.24, 2.45) is 0 Å². The first-order valence-electron chi connectivity index (χ1n) is 12.8. The number of fused-ring (bicyclic) bond motifs is 1. The van der Waals surface area contributed by atoms with E-state index in [9.17, 15) is 14.0 Å². The largest absolute Gasteiger partial charge is 0.455 e. The van der Waals surface area contributed by atoms with E-state index in [1.54, 1.807) is 31.3 Å². The number of furan rings is 1. The van der Waals surface area contributed by atoms with Crippen molar-refractivity contribution in [3.63, 3.8) is 0 Å². The van der Waals surface area contributed by atoms with Crippen LogP contribution in [0.4, 0.5) is 4.39 Å². The first-order chi connectivity index (χ1) is 18.8. The SMILES string of the molecule is CNC(=O)c1c(-c2ccc(F)cc2)oc2ccc(-c3cc(C(=O)NC4(C(=N)CCC=N)CC4)ccc3C)cc12. The fraction of sp³-hybridized carbons (Fsp3) is 0.226. The van der Waals surface area contributed by atoms with Crippen molar-refractivity contribution in [3.05, 3.63) is 83.2 Å². The maximum Gasteiger partial charge on any atom is 0.255 e. The third-order valence-electron chi connectivity index (χ3n) is 7.28. The molecule has 1 heterocycles. The summed E-state index contributed by atoms with van der Waals surface area (Å²) in [5.41, 5.74) is 4.38. The summed E-state index contributed by atoms with van der Waals surface area (Å²) in [4.78, 5) is 26.1. The molecule has 1 saturated carbocycles. The minimum atomic E-state index is -0.611. The predicted molar refractivity (Wildman–Crippen MR) is 150 cm³/mol. The molecule has 5 rings (SSSR count). The van der Waals surface area contributed by atoms with Gasteiger partial charge >= 0.3 is 0 Å². The molecule has 0 unspecified atom stereocenters. The molecule has 1 fully saturated rings. The molecular weight excluding hydrogens is 495 g/mol. The molecule has 39 heavy (non-hydrogen) atoms. The molecule has 1 aromatic heterocycles. The maximum atomic E-state index is 13.5. The minimum Gasteiger partial charge on any atom is -0.455 e. The maximum absolute atomic E-state index is 13.5. The minimum absolute atomic E-state index is 0.248. The second-order valence-electron chi connectivity index (χ2n) is 9.89. The zero-order valence-corrected chi connectivity index (χ0v) is 21.8. The van der Waals surface area contributed by atoms with Crippen molar-refractivity contribution in [2.45, 2.75) is 38.1 Å². The molecular formula is C31H29FN4O3. The lowest BCUT2D eigenvalue weighted by atomic mass is 9.95. The molecule has 2 amide bonds. The van der Waals surface area contributed by atoms with Gasteiger partial charge in [0.1, 0.15) is 17.2 Å². The number of carbonyl (C=O) groups is 2. The van der Waals surface area contributed by atoms with Crippen molar-refractivity contribution >= 4 is 34.7 Å². The summed E-state index contributed by atoms with van der Waals surface area (Å²) >= 11 is 0. The number of amides is 2. The molecule has 3 aromatic carbocycles. The average molecular weight is 525 g/mol. The molecule has 0 aliphatic heterocycles. The molecule has 0 radical (unpaired) electrons. The zero-order valence-electron chi connectivity index (χ0n) is 21.8. The lowest BCUT2D eigenvalue weighted by molar-refractivity contribution is 0.0940. The second kappa shape index (κ2) is 10.3. The molecule has 198 valence electrons. The van der Waals surface area contributed by atoms with Crippen LogP contribution in [0, 0.1) is 23.6 Å². The monoisotopic (exact) mass is 524 g/mol. The van der Waals surface area contributed by atoms with E-state index in [1.165, 1.54) is 18.3 Å². The Morgan fingerprint density at radius 1 is 1.03 bits per heavy atom. The summed E-state index contributed by atoms with van der Waals surface area (Å²) in [7, 11) is 1.54. The van der Waals surface area contributed by atoms with E-state index < -0.39 is 5.54 Å². The number of nitrogens with one attached hydrogen (secondary N) is 4. The number of halogens is 1. The summed E-state index contributed by atoms with van der Waals surface area (Å²) < 4.78 is 19.6.